The largest absolute Gasteiger partial charge is 0.397 e. The van der Waals surface area contributed by atoms with Gasteiger partial charge in [0.25, 0.3) is 0 Å². The van der Waals surface area contributed by atoms with Crippen molar-refractivity contribution in [3.63, 3.8) is 0 Å². The number of carbonyl (C=O) groups excluding carboxylic acids is 1. The maximum Gasteiger partial charge on any atom is 0.397 e. The molecule has 0 saturated carbocycles. The molecule has 8 unspecified atom stereocenters. The number of aliphatic hydroxyl groups excluding tert-OH is 5. The number of amides is 1. The second-order valence-corrected chi connectivity index (χ2v) is 17.9. The normalized spacial score (nSPS) is 21.6. The van der Waals surface area contributed by atoms with Crippen LogP contribution in [0.3, 0.4) is 0 Å². The monoisotopic (exact) mass is 854 g/mol. The Morgan fingerprint density at radius 2 is 1.00 bits per heavy atom. The Hall–Kier alpha value is -0.940. The first-order valence-electron chi connectivity index (χ1n) is 23.5. The van der Waals surface area contributed by atoms with E-state index < -0.39 is 78.5 Å². The third-order valence-corrected chi connectivity index (χ3v) is 12.0. The smallest absolute Gasteiger partial charge is 0.394 e. The Kier molecular flexibility index (Phi) is 33.8. The first-order chi connectivity index (χ1) is 27.9. The van der Waals surface area contributed by atoms with Gasteiger partial charge in [-0.3, -0.25) is 9.35 Å². The molecule has 1 aliphatic rings. The van der Waals surface area contributed by atoms with Gasteiger partial charge in [-0.2, -0.15) is 8.42 Å². The van der Waals surface area contributed by atoms with Crippen molar-refractivity contribution in [2.75, 3.05) is 13.2 Å². The van der Waals surface area contributed by atoms with E-state index >= 15 is 0 Å². The lowest BCUT2D eigenvalue weighted by molar-refractivity contribution is -0.298. The predicted octanol–water partition coefficient (Wildman–Crippen LogP) is 7.97. The minimum Gasteiger partial charge on any atom is -0.394 e. The van der Waals surface area contributed by atoms with Crippen LogP contribution in [0.4, 0.5) is 0 Å². The lowest BCUT2D eigenvalue weighted by atomic mass is 9.99. The van der Waals surface area contributed by atoms with Crippen LogP contribution in [0.15, 0.2) is 0 Å². The molecule has 13 nitrogen and oxygen atoms in total. The molecule has 8 atom stereocenters. The van der Waals surface area contributed by atoms with E-state index in [9.17, 15) is 43.3 Å². The highest BCUT2D eigenvalue weighted by Crippen LogP contribution is 2.26. The summed E-state index contributed by atoms with van der Waals surface area (Å²) in [5.41, 5.74) is 0. The Bertz CT molecular complexity index is 1070. The lowest BCUT2D eigenvalue weighted by Gasteiger charge is -2.41. The van der Waals surface area contributed by atoms with Crippen LogP contribution >= 0.6 is 0 Å². The third-order valence-electron chi connectivity index (χ3n) is 11.5. The topological polar surface area (TPSA) is 212 Å². The number of carbonyl (C=O) groups is 1. The number of rotatable bonds is 40. The molecule has 0 aliphatic carbocycles. The maximum absolute atomic E-state index is 13.1. The Balaban J connectivity index is 2.53. The summed E-state index contributed by atoms with van der Waals surface area (Å²) in [5.74, 6) is -0.668. The zero-order chi connectivity index (χ0) is 42.9. The van der Waals surface area contributed by atoms with E-state index in [1.165, 1.54) is 135 Å². The highest BCUT2D eigenvalue weighted by molar-refractivity contribution is 7.80. The fourth-order valence-electron chi connectivity index (χ4n) is 7.76. The average molecular weight is 854 g/mol. The van der Waals surface area contributed by atoms with Gasteiger partial charge in [0.1, 0.15) is 30.5 Å². The van der Waals surface area contributed by atoms with Gasteiger partial charge in [-0.05, 0) is 12.8 Å². The zero-order valence-corrected chi connectivity index (χ0v) is 37.3. The molecule has 14 heteroatoms. The molecule has 0 radical (unpaired) electrons. The molecule has 1 rings (SSSR count). The second kappa shape index (κ2) is 35.6. The van der Waals surface area contributed by atoms with E-state index in [1.54, 1.807) is 0 Å². The van der Waals surface area contributed by atoms with Gasteiger partial charge >= 0.3 is 10.4 Å². The van der Waals surface area contributed by atoms with E-state index in [4.69, 9.17) is 9.47 Å². The van der Waals surface area contributed by atoms with Crippen LogP contribution in [0, 0.1) is 0 Å². The summed E-state index contributed by atoms with van der Waals surface area (Å²) >= 11 is 0. The first-order valence-corrected chi connectivity index (χ1v) is 24.9. The number of hydrogen-bond donors (Lipinski definition) is 7. The molecule has 0 aromatic carbocycles. The van der Waals surface area contributed by atoms with Crippen molar-refractivity contribution in [2.24, 2.45) is 0 Å². The Morgan fingerprint density at radius 3 is 1.38 bits per heavy atom. The lowest BCUT2D eigenvalue weighted by Crippen LogP contribution is -2.61. The fraction of sp³-hybridized carbons (Fsp3) is 0.977. The van der Waals surface area contributed by atoms with Crippen molar-refractivity contribution in [1.82, 2.24) is 5.32 Å². The molecule has 0 bridgehead atoms. The van der Waals surface area contributed by atoms with Gasteiger partial charge in [-0.1, -0.05) is 200 Å². The maximum atomic E-state index is 13.1. The van der Waals surface area contributed by atoms with E-state index in [-0.39, 0.29) is 6.42 Å². The minimum atomic E-state index is -5.10. The number of ether oxygens (including phenoxy) is 2. The zero-order valence-electron chi connectivity index (χ0n) is 36.5. The third kappa shape index (κ3) is 27.8. The van der Waals surface area contributed by atoms with Crippen LogP contribution in [0.5, 0.6) is 0 Å². The molecular weight excluding hydrogens is 767 g/mol. The molecule has 0 spiro atoms. The number of nitrogens with one attached hydrogen (secondary N) is 1. The Morgan fingerprint density at radius 1 is 0.621 bits per heavy atom. The van der Waals surface area contributed by atoms with Gasteiger partial charge in [0.2, 0.25) is 5.91 Å². The van der Waals surface area contributed by atoms with Crippen LogP contribution in [0.25, 0.3) is 0 Å². The van der Waals surface area contributed by atoms with E-state index in [0.29, 0.717) is 19.3 Å². The minimum absolute atomic E-state index is 0.265. The molecule has 58 heavy (non-hydrogen) atoms. The molecule has 346 valence electrons. The molecule has 1 fully saturated rings. The number of hydrogen-bond acceptors (Lipinski definition) is 11. The van der Waals surface area contributed by atoms with Crippen LogP contribution in [0.1, 0.15) is 213 Å². The van der Waals surface area contributed by atoms with Gasteiger partial charge in [-0.25, -0.2) is 4.18 Å². The summed E-state index contributed by atoms with van der Waals surface area (Å²) in [7, 11) is -5.10. The van der Waals surface area contributed by atoms with Crippen LogP contribution in [0.2, 0.25) is 0 Å². The predicted molar refractivity (Wildman–Crippen MR) is 229 cm³/mol. The average Bonchev–Trinajstić information content (AvgIpc) is 3.19. The van der Waals surface area contributed by atoms with Crippen LogP contribution < -0.4 is 5.32 Å². The van der Waals surface area contributed by atoms with E-state index in [1.807, 2.05) is 0 Å². The molecule has 1 saturated heterocycles. The quantitative estimate of drug-likeness (QED) is 0.0231. The van der Waals surface area contributed by atoms with Gasteiger partial charge in [0.05, 0.1) is 25.4 Å². The van der Waals surface area contributed by atoms with Crippen molar-refractivity contribution in [3.8, 4) is 0 Å². The van der Waals surface area contributed by atoms with Gasteiger partial charge in [0.15, 0.2) is 6.29 Å². The standard InChI is InChI=1S/C44H87NO12S/c1-3-5-7-9-11-13-15-16-17-18-19-20-21-23-24-26-28-30-32-37(47)36(35-55-44-41(50)42(57-58(52,53)54)40(49)39(34-46)56-44)45-43(51)38(48)33-31-29-27-25-22-14-12-10-8-6-4-2/h36-42,44,46-50H,3-35H2,1-2H3,(H,45,51)(H,52,53,54). The summed E-state index contributed by atoms with van der Waals surface area (Å²) in [4.78, 5) is 13.1. The fourth-order valence-corrected chi connectivity index (χ4v) is 8.27. The van der Waals surface area contributed by atoms with Gasteiger partial charge in [0, 0.05) is 0 Å². The summed E-state index contributed by atoms with van der Waals surface area (Å²) in [6.45, 7) is 3.27. The summed E-state index contributed by atoms with van der Waals surface area (Å²) < 4.78 is 47.5. The molecule has 1 amide bonds. The molecule has 1 heterocycles. The van der Waals surface area contributed by atoms with E-state index in [2.05, 4.69) is 23.3 Å². The Labute approximate surface area is 352 Å². The van der Waals surface area contributed by atoms with Crippen molar-refractivity contribution in [2.45, 2.75) is 262 Å². The van der Waals surface area contributed by atoms with Gasteiger partial charge < -0.3 is 40.3 Å². The summed E-state index contributed by atoms with van der Waals surface area (Å²) in [6, 6.07) is -1.03. The molecule has 1 aliphatic heterocycles. The molecule has 0 aromatic rings. The molecule has 0 aromatic heterocycles. The van der Waals surface area contributed by atoms with Crippen LogP contribution in [-0.4, -0.2) is 107 Å². The summed E-state index contributed by atoms with van der Waals surface area (Å²) in [6.07, 6.45) is 24.3. The van der Waals surface area contributed by atoms with Crippen molar-refractivity contribution in [1.29, 1.82) is 0 Å². The SMILES string of the molecule is CCCCCCCCCCCCCCCCCCCCC(O)C(COC1OC(CO)C(O)C(OS(=O)(=O)O)C1O)NC(=O)C(O)CCCCCCCCCCCCC. The van der Waals surface area contributed by atoms with Crippen molar-refractivity contribution >= 4 is 16.3 Å². The van der Waals surface area contributed by atoms with E-state index in [0.717, 1.165) is 38.5 Å². The molecule has 7 N–H and O–H groups in total. The first kappa shape index (κ1) is 55.1. The van der Waals surface area contributed by atoms with Crippen LogP contribution in [-0.2, 0) is 28.9 Å². The van der Waals surface area contributed by atoms with Crippen molar-refractivity contribution in [3.05, 3.63) is 0 Å². The second-order valence-electron chi connectivity index (χ2n) is 16.9. The molecular formula is C44H87NO12S. The highest BCUT2D eigenvalue weighted by Gasteiger charge is 2.48. The van der Waals surface area contributed by atoms with Gasteiger partial charge in [-0.15, -0.1) is 0 Å². The number of aliphatic hydroxyl groups is 5. The summed E-state index contributed by atoms with van der Waals surface area (Å²) in [5, 5.41) is 55.3. The van der Waals surface area contributed by atoms with Crippen molar-refractivity contribution < 1.29 is 57.0 Å². The highest BCUT2D eigenvalue weighted by atomic mass is 32.3. The number of unbranched alkanes of at least 4 members (excludes halogenated alkanes) is 27.